The Balaban J connectivity index is 1.88. The van der Waals surface area contributed by atoms with Gasteiger partial charge in [-0.1, -0.05) is 54.1 Å². The van der Waals surface area contributed by atoms with Crippen LogP contribution in [0.2, 0.25) is 5.02 Å². The lowest BCUT2D eigenvalue weighted by atomic mass is 9.92. The van der Waals surface area contributed by atoms with Gasteiger partial charge in [0.05, 0.1) is 6.26 Å². The molecule has 142 valence electrons. The van der Waals surface area contributed by atoms with Gasteiger partial charge in [0.15, 0.2) is 0 Å². The summed E-state index contributed by atoms with van der Waals surface area (Å²) in [5.41, 5.74) is 7.49. The number of hydrogen-bond acceptors (Lipinski definition) is 2. The molecule has 0 radical (unpaired) electrons. The minimum absolute atomic E-state index is 0.551. The molecule has 1 aliphatic rings. The fourth-order valence-corrected chi connectivity index (χ4v) is 4.43. The number of halogens is 1. The molecule has 3 aromatic carbocycles. The van der Waals surface area contributed by atoms with Crippen molar-refractivity contribution in [3.05, 3.63) is 99.6 Å². The molecule has 4 rings (SSSR count). The number of nitrogens with one attached hydrogen (secondary N) is 1. The molecule has 0 heterocycles. The van der Waals surface area contributed by atoms with Gasteiger partial charge in [0.2, 0.25) is 10.0 Å². The van der Waals surface area contributed by atoms with E-state index >= 15 is 0 Å². The van der Waals surface area contributed by atoms with E-state index in [4.69, 9.17) is 11.6 Å². The zero-order valence-electron chi connectivity index (χ0n) is 15.4. The topological polar surface area (TPSA) is 46.2 Å². The molecule has 0 aliphatic heterocycles. The maximum absolute atomic E-state index is 11.6. The third-order valence-corrected chi connectivity index (χ3v) is 5.67. The number of fused-ring (bicyclic) bond motifs is 2. The summed E-state index contributed by atoms with van der Waals surface area (Å²) >= 11 is 6.25. The summed E-state index contributed by atoms with van der Waals surface area (Å²) in [7, 11) is -3.32. The molecule has 1 N–H and O–H groups in total. The Kier molecular flexibility index (Phi) is 5.00. The van der Waals surface area contributed by atoms with E-state index in [0.717, 1.165) is 40.8 Å². The third kappa shape index (κ3) is 4.13. The van der Waals surface area contributed by atoms with Crippen LogP contribution in [0.15, 0.2) is 66.7 Å². The highest BCUT2D eigenvalue weighted by Gasteiger charge is 2.18. The number of hydrogen-bond donors (Lipinski definition) is 1. The van der Waals surface area contributed by atoms with E-state index in [2.05, 4.69) is 41.1 Å². The van der Waals surface area contributed by atoms with Gasteiger partial charge in [0.1, 0.15) is 0 Å². The van der Waals surface area contributed by atoms with Crippen molar-refractivity contribution in [2.75, 3.05) is 11.0 Å². The van der Waals surface area contributed by atoms with Crippen LogP contribution < -0.4 is 4.72 Å². The van der Waals surface area contributed by atoms with E-state index in [-0.39, 0.29) is 0 Å². The first-order valence-corrected chi connectivity index (χ1v) is 11.3. The standard InChI is InChI=1S/C23H20ClNO2S/c1-28(26,27)25-20-7-4-5-16(13-20)14-23-21-8-3-2-6-17(21)9-10-18-15-19(24)11-12-22(18)23/h2-8,11-15,25H,9-10H2,1H3. The van der Waals surface area contributed by atoms with Crippen molar-refractivity contribution in [3.8, 4) is 0 Å². The SMILES string of the molecule is CS(=O)(=O)Nc1cccc(C=C2c3ccccc3CCc3cc(Cl)ccc32)c1. The van der Waals surface area contributed by atoms with Crippen molar-refractivity contribution in [2.24, 2.45) is 0 Å². The number of sulfonamides is 1. The van der Waals surface area contributed by atoms with Gasteiger partial charge in [-0.15, -0.1) is 0 Å². The van der Waals surface area contributed by atoms with Crippen molar-refractivity contribution >= 4 is 39.0 Å². The average Bonchev–Trinajstić information content (AvgIpc) is 2.78. The van der Waals surface area contributed by atoms with Crippen molar-refractivity contribution in [1.29, 1.82) is 0 Å². The molecule has 0 unspecified atom stereocenters. The molecule has 0 atom stereocenters. The van der Waals surface area contributed by atoms with E-state index in [9.17, 15) is 8.42 Å². The molecule has 0 aromatic heterocycles. The molecule has 5 heteroatoms. The first-order chi connectivity index (χ1) is 13.4. The molecule has 28 heavy (non-hydrogen) atoms. The first-order valence-electron chi connectivity index (χ1n) is 9.06. The molecule has 0 bridgehead atoms. The normalized spacial score (nSPS) is 14.9. The number of benzene rings is 3. The van der Waals surface area contributed by atoms with Gasteiger partial charge >= 0.3 is 0 Å². The molecular formula is C23H20ClNO2S. The van der Waals surface area contributed by atoms with Gasteiger partial charge in [-0.3, -0.25) is 4.72 Å². The second-order valence-corrected chi connectivity index (χ2v) is 9.20. The van der Waals surface area contributed by atoms with Crippen LogP contribution in [0, 0.1) is 0 Å². The van der Waals surface area contributed by atoms with E-state index < -0.39 is 10.0 Å². The molecule has 0 fully saturated rings. The fourth-order valence-electron chi connectivity index (χ4n) is 3.68. The lowest BCUT2D eigenvalue weighted by molar-refractivity contribution is 0.607. The first kappa shape index (κ1) is 18.8. The van der Waals surface area contributed by atoms with Crippen LogP contribution in [-0.2, 0) is 22.9 Å². The summed E-state index contributed by atoms with van der Waals surface area (Å²) in [6.07, 6.45) is 5.15. The van der Waals surface area contributed by atoms with Crippen LogP contribution in [0.3, 0.4) is 0 Å². The molecule has 3 nitrogen and oxygen atoms in total. The Morgan fingerprint density at radius 1 is 0.893 bits per heavy atom. The molecular weight excluding hydrogens is 390 g/mol. The zero-order chi connectivity index (χ0) is 19.7. The van der Waals surface area contributed by atoms with Crippen LogP contribution in [0.1, 0.15) is 27.8 Å². The van der Waals surface area contributed by atoms with Gasteiger partial charge in [0, 0.05) is 10.7 Å². The maximum Gasteiger partial charge on any atom is 0.229 e. The highest BCUT2D eigenvalue weighted by Crippen LogP contribution is 2.36. The average molecular weight is 410 g/mol. The Bertz CT molecular complexity index is 1180. The molecule has 0 saturated heterocycles. The number of rotatable bonds is 3. The van der Waals surface area contributed by atoms with Crippen molar-refractivity contribution < 1.29 is 8.42 Å². The minimum atomic E-state index is -3.32. The molecule has 0 spiro atoms. The number of aryl methyl sites for hydroxylation is 2. The van der Waals surface area contributed by atoms with E-state index in [0.29, 0.717) is 5.69 Å². The highest BCUT2D eigenvalue weighted by molar-refractivity contribution is 7.92. The summed E-state index contributed by atoms with van der Waals surface area (Å²) in [6.45, 7) is 0. The van der Waals surface area contributed by atoms with Crippen molar-refractivity contribution in [3.63, 3.8) is 0 Å². The quantitative estimate of drug-likeness (QED) is 0.629. The van der Waals surface area contributed by atoms with Crippen molar-refractivity contribution in [1.82, 2.24) is 0 Å². The smallest absolute Gasteiger partial charge is 0.229 e. The van der Waals surface area contributed by atoms with Gasteiger partial charge < -0.3 is 0 Å². The summed E-state index contributed by atoms with van der Waals surface area (Å²) in [5, 5.41) is 0.739. The van der Waals surface area contributed by atoms with Crippen LogP contribution in [0.5, 0.6) is 0 Å². The molecule has 0 saturated carbocycles. The molecule has 1 aliphatic carbocycles. The second-order valence-electron chi connectivity index (χ2n) is 7.02. The van der Waals surface area contributed by atoms with Crippen LogP contribution >= 0.6 is 11.6 Å². The van der Waals surface area contributed by atoms with E-state index in [1.165, 1.54) is 16.7 Å². The maximum atomic E-state index is 11.6. The Labute approximate surface area is 170 Å². The lowest BCUT2D eigenvalue weighted by Crippen LogP contribution is -2.09. The molecule has 0 amide bonds. The Hall–Kier alpha value is -2.56. The van der Waals surface area contributed by atoms with Crippen molar-refractivity contribution in [2.45, 2.75) is 12.8 Å². The predicted octanol–water partition coefficient (Wildman–Crippen LogP) is 5.40. The predicted molar refractivity (Wildman–Crippen MR) is 117 cm³/mol. The van der Waals surface area contributed by atoms with Crippen LogP contribution in [0.25, 0.3) is 11.6 Å². The summed E-state index contributed by atoms with van der Waals surface area (Å²) in [5.74, 6) is 0. The Morgan fingerprint density at radius 3 is 2.46 bits per heavy atom. The monoisotopic (exact) mass is 409 g/mol. The zero-order valence-corrected chi connectivity index (χ0v) is 17.0. The van der Waals surface area contributed by atoms with E-state index in [1.54, 1.807) is 6.07 Å². The van der Waals surface area contributed by atoms with Gasteiger partial charge in [-0.05, 0) is 76.6 Å². The minimum Gasteiger partial charge on any atom is -0.284 e. The lowest BCUT2D eigenvalue weighted by Gasteiger charge is -2.13. The van der Waals surface area contributed by atoms with Crippen LogP contribution in [-0.4, -0.2) is 14.7 Å². The third-order valence-electron chi connectivity index (χ3n) is 4.83. The van der Waals surface area contributed by atoms with Gasteiger partial charge in [-0.25, -0.2) is 8.42 Å². The largest absolute Gasteiger partial charge is 0.284 e. The Morgan fingerprint density at radius 2 is 1.64 bits per heavy atom. The van der Waals surface area contributed by atoms with Crippen LogP contribution in [0.4, 0.5) is 5.69 Å². The molecule has 3 aromatic rings. The fraction of sp³-hybridized carbons (Fsp3) is 0.130. The van der Waals surface area contributed by atoms with Gasteiger partial charge in [0.25, 0.3) is 0 Å². The summed E-state index contributed by atoms with van der Waals surface area (Å²) in [4.78, 5) is 0. The van der Waals surface area contributed by atoms with E-state index in [1.807, 2.05) is 30.3 Å². The highest BCUT2D eigenvalue weighted by atomic mass is 35.5. The second kappa shape index (κ2) is 7.46. The summed E-state index contributed by atoms with van der Waals surface area (Å²) < 4.78 is 25.7. The summed E-state index contributed by atoms with van der Waals surface area (Å²) in [6, 6.07) is 21.9. The van der Waals surface area contributed by atoms with Gasteiger partial charge in [-0.2, -0.15) is 0 Å². The number of anilines is 1.